The van der Waals surface area contributed by atoms with E-state index in [1.165, 1.54) is 10.9 Å². The molecule has 0 saturated carbocycles. The molecule has 0 aliphatic carbocycles. The molecular weight excluding hydrogens is 446 g/mol. The molecule has 3 aromatic carbocycles. The number of ether oxygens (including phenoxy) is 1. The van der Waals surface area contributed by atoms with Gasteiger partial charge in [-0.3, -0.25) is 4.57 Å². The van der Waals surface area contributed by atoms with Crippen molar-refractivity contribution in [3.63, 3.8) is 0 Å². The number of benzene rings is 3. The van der Waals surface area contributed by atoms with Gasteiger partial charge >= 0.3 is 0 Å². The summed E-state index contributed by atoms with van der Waals surface area (Å²) >= 11 is 0. The van der Waals surface area contributed by atoms with E-state index in [1.807, 2.05) is 51.2 Å². The molecule has 0 amide bonds. The number of fused-ring (bicyclic) bond motifs is 4. The normalized spacial score (nSPS) is 11.6. The fourth-order valence-corrected chi connectivity index (χ4v) is 4.95. The zero-order valence-electron chi connectivity index (χ0n) is 21.0. The summed E-state index contributed by atoms with van der Waals surface area (Å²) in [5, 5.41) is 13.9. The van der Waals surface area contributed by atoms with Crippen LogP contribution in [0.2, 0.25) is 0 Å². The monoisotopic (exact) mass is 473 g/mol. The maximum Gasteiger partial charge on any atom is 0.220 e. The van der Waals surface area contributed by atoms with Crippen LogP contribution < -0.4 is 4.74 Å². The van der Waals surface area contributed by atoms with Crippen LogP contribution in [0.25, 0.3) is 38.5 Å². The average molecular weight is 474 g/mol. The molecule has 0 bridgehead atoms. The highest BCUT2D eigenvalue weighted by Gasteiger charge is 2.17. The van der Waals surface area contributed by atoms with Crippen molar-refractivity contribution in [3.8, 4) is 23.2 Å². The maximum absolute atomic E-state index is 10.6. The highest BCUT2D eigenvalue weighted by atomic mass is 16.5. The fourth-order valence-electron chi connectivity index (χ4n) is 4.95. The van der Waals surface area contributed by atoms with Crippen molar-refractivity contribution in [1.82, 2.24) is 14.5 Å². The smallest absolute Gasteiger partial charge is 0.220 e. The van der Waals surface area contributed by atoms with E-state index in [0.29, 0.717) is 17.1 Å². The van der Waals surface area contributed by atoms with Gasteiger partial charge in [0.2, 0.25) is 5.88 Å². The van der Waals surface area contributed by atoms with Crippen LogP contribution >= 0.6 is 0 Å². The summed E-state index contributed by atoms with van der Waals surface area (Å²) in [6.07, 6.45) is 1.85. The molecule has 6 aromatic rings. The lowest BCUT2D eigenvalue weighted by atomic mass is 10.1. The molecule has 0 aliphatic heterocycles. The predicted octanol–water partition coefficient (Wildman–Crippen LogP) is 7.77. The summed E-state index contributed by atoms with van der Waals surface area (Å²) in [5.74, 6) is 2.23. The SMILES string of the molecule is Cc1ccnc(-n2c3ccc(C)cc3c3cc(C)c(Oc4cc(C)c5ccc(C)c(O)c5n4)cc32)c1. The molecule has 36 heavy (non-hydrogen) atoms. The van der Waals surface area contributed by atoms with Gasteiger partial charge < -0.3 is 9.84 Å². The topological polar surface area (TPSA) is 60.2 Å². The summed E-state index contributed by atoms with van der Waals surface area (Å²) in [6.45, 7) is 10.1. The number of nitrogens with zero attached hydrogens (tertiary/aromatic N) is 3. The van der Waals surface area contributed by atoms with Crippen LogP contribution in [0.15, 0.2) is 66.9 Å². The number of aromatic hydroxyl groups is 1. The molecule has 5 heteroatoms. The second kappa shape index (κ2) is 8.09. The number of aromatic nitrogens is 3. The van der Waals surface area contributed by atoms with Crippen LogP contribution in [-0.2, 0) is 0 Å². The van der Waals surface area contributed by atoms with Gasteiger partial charge in [-0.25, -0.2) is 9.97 Å². The number of phenols is 1. The van der Waals surface area contributed by atoms with Crippen molar-refractivity contribution in [1.29, 1.82) is 0 Å². The molecule has 178 valence electrons. The molecule has 0 saturated heterocycles. The van der Waals surface area contributed by atoms with Gasteiger partial charge in [-0.1, -0.05) is 23.8 Å². The Morgan fingerprint density at radius 1 is 0.694 bits per heavy atom. The zero-order valence-corrected chi connectivity index (χ0v) is 21.0. The van der Waals surface area contributed by atoms with Crippen molar-refractivity contribution < 1.29 is 9.84 Å². The highest BCUT2D eigenvalue weighted by molar-refractivity contribution is 6.10. The van der Waals surface area contributed by atoms with Crippen molar-refractivity contribution in [3.05, 3.63) is 94.7 Å². The fraction of sp³-hybridized carbons (Fsp3) is 0.161. The van der Waals surface area contributed by atoms with Gasteiger partial charge in [0.05, 0.1) is 11.0 Å². The summed E-state index contributed by atoms with van der Waals surface area (Å²) < 4.78 is 8.57. The summed E-state index contributed by atoms with van der Waals surface area (Å²) in [4.78, 5) is 9.35. The Bertz CT molecular complexity index is 1830. The Hall–Kier alpha value is -4.38. The third kappa shape index (κ3) is 3.47. The third-order valence-electron chi connectivity index (χ3n) is 6.90. The molecule has 0 aliphatic rings. The minimum atomic E-state index is 0.189. The minimum Gasteiger partial charge on any atom is -0.505 e. The lowest BCUT2D eigenvalue weighted by Crippen LogP contribution is -1.98. The van der Waals surface area contributed by atoms with E-state index in [0.717, 1.165) is 49.9 Å². The lowest BCUT2D eigenvalue weighted by molar-refractivity contribution is 0.456. The van der Waals surface area contributed by atoms with Gasteiger partial charge in [0.1, 0.15) is 22.8 Å². The highest BCUT2D eigenvalue weighted by Crippen LogP contribution is 2.38. The van der Waals surface area contributed by atoms with Crippen LogP contribution in [0.4, 0.5) is 0 Å². The first kappa shape index (κ1) is 22.1. The molecule has 1 N–H and O–H groups in total. The maximum atomic E-state index is 10.6. The average Bonchev–Trinajstić information content (AvgIpc) is 3.14. The van der Waals surface area contributed by atoms with E-state index >= 15 is 0 Å². The summed E-state index contributed by atoms with van der Waals surface area (Å²) in [6, 6.07) is 20.7. The van der Waals surface area contributed by atoms with E-state index < -0.39 is 0 Å². The van der Waals surface area contributed by atoms with Gasteiger partial charge in [0, 0.05) is 34.5 Å². The lowest BCUT2D eigenvalue weighted by Gasteiger charge is -2.13. The Kier molecular flexibility index (Phi) is 4.97. The van der Waals surface area contributed by atoms with Crippen molar-refractivity contribution >= 4 is 32.7 Å². The van der Waals surface area contributed by atoms with E-state index in [-0.39, 0.29) is 5.75 Å². The van der Waals surface area contributed by atoms with Crippen molar-refractivity contribution in [2.45, 2.75) is 34.6 Å². The van der Waals surface area contributed by atoms with Crippen molar-refractivity contribution in [2.24, 2.45) is 0 Å². The Balaban J connectivity index is 1.58. The second-order valence-electron chi connectivity index (χ2n) is 9.69. The van der Waals surface area contributed by atoms with Gasteiger partial charge in [-0.2, -0.15) is 0 Å². The largest absolute Gasteiger partial charge is 0.505 e. The number of pyridine rings is 2. The molecule has 0 unspecified atom stereocenters. The van der Waals surface area contributed by atoms with Gasteiger partial charge in [0.15, 0.2) is 0 Å². The van der Waals surface area contributed by atoms with Crippen LogP contribution in [-0.4, -0.2) is 19.6 Å². The van der Waals surface area contributed by atoms with Gasteiger partial charge in [0.25, 0.3) is 0 Å². The van der Waals surface area contributed by atoms with Crippen LogP contribution in [0.5, 0.6) is 17.4 Å². The first-order chi connectivity index (χ1) is 17.3. The Morgan fingerprint density at radius 3 is 2.28 bits per heavy atom. The van der Waals surface area contributed by atoms with Gasteiger partial charge in [-0.05, 0) is 87.2 Å². The molecule has 0 radical (unpaired) electrons. The number of phenolic OH excluding ortho intramolecular Hbond substituents is 1. The second-order valence-corrected chi connectivity index (χ2v) is 9.69. The number of rotatable bonds is 3. The molecular formula is C31H27N3O2. The standard InChI is InChI=1S/C31H27N3O2/c1-17-6-9-25-23(12-17)24-14-21(5)27(16-26(24)34(25)28-13-18(2)10-11-32-28)36-29-15-20(4)22-8-7-19(3)31(35)30(22)33-29/h6-16,35H,1-5H3. The summed E-state index contributed by atoms with van der Waals surface area (Å²) in [5.41, 5.74) is 7.83. The predicted molar refractivity (Wildman–Crippen MR) is 146 cm³/mol. The van der Waals surface area contributed by atoms with Crippen LogP contribution in [0, 0.1) is 34.6 Å². The molecule has 0 spiro atoms. The molecule has 5 nitrogen and oxygen atoms in total. The van der Waals surface area contributed by atoms with E-state index in [1.54, 1.807) is 0 Å². The summed E-state index contributed by atoms with van der Waals surface area (Å²) in [7, 11) is 0. The molecule has 0 fully saturated rings. The van der Waals surface area contributed by atoms with E-state index in [2.05, 4.69) is 64.8 Å². The van der Waals surface area contributed by atoms with E-state index in [4.69, 9.17) is 4.74 Å². The van der Waals surface area contributed by atoms with Crippen LogP contribution in [0.1, 0.15) is 27.8 Å². The first-order valence-electron chi connectivity index (χ1n) is 12.1. The quantitative estimate of drug-likeness (QED) is 0.285. The number of aryl methyl sites for hydroxylation is 5. The Morgan fingerprint density at radius 2 is 1.47 bits per heavy atom. The minimum absolute atomic E-state index is 0.189. The van der Waals surface area contributed by atoms with Crippen molar-refractivity contribution in [2.75, 3.05) is 0 Å². The molecule has 3 heterocycles. The molecule has 0 atom stereocenters. The van der Waals surface area contributed by atoms with E-state index in [9.17, 15) is 5.11 Å². The van der Waals surface area contributed by atoms with Gasteiger partial charge in [-0.15, -0.1) is 0 Å². The Labute approximate surface area is 209 Å². The number of hydrogen-bond acceptors (Lipinski definition) is 4. The number of hydrogen-bond donors (Lipinski definition) is 1. The molecule has 3 aromatic heterocycles. The zero-order chi connectivity index (χ0) is 25.1. The first-order valence-corrected chi connectivity index (χ1v) is 12.1. The van der Waals surface area contributed by atoms with Crippen LogP contribution in [0.3, 0.4) is 0 Å². The third-order valence-corrected chi connectivity index (χ3v) is 6.90. The molecule has 6 rings (SSSR count).